The topological polar surface area (TPSA) is 81.2 Å². The number of hydrogen-bond acceptors (Lipinski definition) is 5. The van der Waals surface area contributed by atoms with Crippen LogP contribution in [0, 0.1) is 11.3 Å². The molecule has 108 valence electrons. The molecule has 0 bridgehead atoms. The number of pyridine rings is 1. The number of ether oxygens (including phenoxy) is 2. The third-order valence-corrected chi connectivity index (χ3v) is 3.09. The Morgan fingerprint density at radius 3 is 2.86 bits per heavy atom. The summed E-state index contributed by atoms with van der Waals surface area (Å²) >= 11 is 0. The third kappa shape index (κ3) is 3.50. The van der Waals surface area contributed by atoms with E-state index in [0.717, 1.165) is 11.1 Å². The molecule has 2 aromatic rings. The van der Waals surface area contributed by atoms with Gasteiger partial charge in [0.05, 0.1) is 7.11 Å². The van der Waals surface area contributed by atoms with Crippen molar-refractivity contribution < 1.29 is 9.47 Å². The van der Waals surface area contributed by atoms with Gasteiger partial charge in [0.15, 0.2) is 0 Å². The molecule has 0 radical (unpaired) electrons. The first kappa shape index (κ1) is 14.8. The van der Waals surface area contributed by atoms with E-state index in [1.54, 1.807) is 25.4 Å². The van der Waals surface area contributed by atoms with Crippen LogP contribution in [0.4, 0.5) is 0 Å². The van der Waals surface area contributed by atoms with E-state index >= 15 is 0 Å². The van der Waals surface area contributed by atoms with Crippen LogP contribution in [0.15, 0.2) is 36.5 Å². The lowest BCUT2D eigenvalue weighted by Crippen LogP contribution is -2.09. The number of aromatic nitrogens is 1. The van der Waals surface area contributed by atoms with Gasteiger partial charge in [-0.25, -0.2) is 4.98 Å². The zero-order valence-corrected chi connectivity index (χ0v) is 12.0. The van der Waals surface area contributed by atoms with Crippen LogP contribution in [0.25, 0.3) is 0 Å². The van der Waals surface area contributed by atoms with Gasteiger partial charge in [0.2, 0.25) is 0 Å². The van der Waals surface area contributed by atoms with Gasteiger partial charge in [-0.15, -0.1) is 0 Å². The van der Waals surface area contributed by atoms with E-state index in [1.807, 2.05) is 25.1 Å². The lowest BCUT2D eigenvalue weighted by molar-refractivity contribution is 0.298. The molecule has 0 spiro atoms. The number of nitriles is 1. The van der Waals surface area contributed by atoms with Crippen molar-refractivity contribution in [1.82, 2.24) is 4.98 Å². The first-order valence-corrected chi connectivity index (χ1v) is 6.56. The SMILES string of the molecule is COc1ccc(C(C)N)c(OCc2cccnc2C#N)c1. The summed E-state index contributed by atoms with van der Waals surface area (Å²) in [5, 5.41) is 9.03. The lowest BCUT2D eigenvalue weighted by Gasteiger charge is -2.15. The molecule has 1 aromatic carbocycles. The summed E-state index contributed by atoms with van der Waals surface area (Å²) in [5.74, 6) is 1.35. The minimum atomic E-state index is -0.157. The summed E-state index contributed by atoms with van der Waals surface area (Å²) in [6.45, 7) is 2.14. The van der Waals surface area contributed by atoms with Crippen molar-refractivity contribution in [2.24, 2.45) is 5.73 Å². The van der Waals surface area contributed by atoms with E-state index in [2.05, 4.69) is 11.1 Å². The number of rotatable bonds is 5. The molecule has 21 heavy (non-hydrogen) atoms. The first-order valence-electron chi connectivity index (χ1n) is 6.56. The predicted octanol–water partition coefficient (Wildman–Crippen LogP) is 2.56. The Bertz CT molecular complexity index is 663. The molecule has 0 aliphatic rings. The van der Waals surface area contributed by atoms with E-state index in [9.17, 15) is 0 Å². The van der Waals surface area contributed by atoms with Crippen molar-refractivity contribution >= 4 is 0 Å². The molecule has 0 aliphatic heterocycles. The zero-order chi connectivity index (χ0) is 15.2. The van der Waals surface area contributed by atoms with Crippen molar-refractivity contribution in [2.75, 3.05) is 7.11 Å². The van der Waals surface area contributed by atoms with Crippen molar-refractivity contribution in [1.29, 1.82) is 5.26 Å². The van der Waals surface area contributed by atoms with Gasteiger partial charge in [-0.1, -0.05) is 12.1 Å². The number of benzene rings is 1. The molecule has 0 saturated heterocycles. The second-order valence-electron chi connectivity index (χ2n) is 4.60. The summed E-state index contributed by atoms with van der Waals surface area (Å²) in [6, 6.07) is 11.0. The van der Waals surface area contributed by atoms with Gasteiger partial charge in [0, 0.05) is 29.4 Å². The summed E-state index contributed by atoms with van der Waals surface area (Å²) < 4.78 is 11.0. The zero-order valence-electron chi connectivity index (χ0n) is 12.0. The fourth-order valence-corrected chi connectivity index (χ4v) is 1.95. The quantitative estimate of drug-likeness (QED) is 0.912. The minimum absolute atomic E-state index is 0.157. The van der Waals surface area contributed by atoms with E-state index in [0.29, 0.717) is 17.2 Å². The predicted molar refractivity (Wildman–Crippen MR) is 78.9 cm³/mol. The van der Waals surface area contributed by atoms with Gasteiger partial charge in [-0.05, 0) is 19.1 Å². The Balaban J connectivity index is 2.25. The second kappa shape index (κ2) is 6.73. The standard InChI is InChI=1S/C16H17N3O2/c1-11(18)14-6-5-13(20-2)8-16(14)21-10-12-4-3-7-19-15(12)9-17/h3-8,11H,10,18H2,1-2H3. The molecule has 1 atom stereocenters. The molecule has 0 aliphatic carbocycles. The minimum Gasteiger partial charge on any atom is -0.497 e. The molecule has 0 saturated carbocycles. The average Bonchev–Trinajstić information content (AvgIpc) is 2.52. The Hall–Kier alpha value is -2.58. The van der Waals surface area contributed by atoms with Crippen LogP contribution in [-0.4, -0.2) is 12.1 Å². The van der Waals surface area contributed by atoms with Crippen molar-refractivity contribution in [3.63, 3.8) is 0 Å². The normalized spacial score (nSPS) is 11.5. The molecule has 2 N–H and O–H groups in total. The van der Waals surface area contributed by atoms with Gasteiger partial charge >= 0.3 is 0 Å². The van der Waals surface area contributed by atoms with Crippen LogP contribution in [0.2, 0.25) is 0 Å². The largest absolute Gasteiger partial charge is 0.497 e. The van der Waals surface area contributed by atoms with E-state index < -0.39 is 0 Å². The van der Waals surface area contributed by atoms with Crippen molar-refractivity contribution in [3.05, 3.63) is 53.3 Å². The highest BCUT2D eigenvalue weighted by molar-refractivity contribution is 5.42. The molecule has 0 fully saturated rings. The number of methoxy groups -OCH3 is 1. The summed E-state index contributed by atoms with van der Waals surface area (Å²) in [6.07, 6.45) is 1.58. The molecule has 0 amide bonds. The molecule has 1 unspecified atom stereocenters. The number of hydrogen-bond donors (Lipinski definition) is 1. The number of nitrogens with two attached hydrogens (primary N) is 1. The van der Waals surface area contributed by atoms with Gasteiger partial charge in [0.1, 0.15) is 29.9 Å². The Morgan fingerprint density at radius 1 is 1.38 bits per heavy atom. The number of nitrogens with zero attached hydrogens (tertiary/aromatic N) is 2. The highest BCUT2D eigenvalue weighted by Gasteiger charge is 2.11. The van der Waals surface area contributed by atoms with Crippen molar-refractivity contribution in [3.8, 4) is 17.6 Å². The van der Waals surface area contributed by atoms with Crippen LogP contribution in [-0.2, 0) is 6.61 Å². The third-order valence-electron chi connectivity index (χ3n) is 3.09. The van der Waals surface area contributed by atoms with Crippen LogP contribution in [0.5, 0.6) is 11.5 Å². The van der Waals surface area contributed by atoms with Crippen LogP contribution >= 0.6 is 0 Å². The Labute approximate surface area is 123 Å². The van der Waals surface area contributed by atoms with Crippen LogP contribution in [0.3, 0.4) is 0 Å². The van der Waals surface area contributed by atoms with Gasteiger partial charge in [0.25, 0.3) is 0 Å². The molecular formula is C16H17N3O2. The first-order chi connectivity index (χ1) is 10.2. The highest BCUT2D eigenvalue weighted by atomic mass is 16.5. The van der Waals surface area contributed by atoms with Gasteiger partial charge < -0.3 is 15.2 Å². The fraction of sp³-hybridized carbons (Fsp3) is 0.250. The fourth-order valence-electron chi connectivity index (χ4n) is 1.95. The van der Waals surface area contributed by atoms with E-state index in [-0.39, 0.29) is 12.6 Å². The van der Waals surface area contributed by atoms with Crippen LogP contribution < -0.4 is 15.2 Å². The Morgan fingerprint density at radius 2 is 2.19 bits per heavy atom. The van der Waals surface area contributed by atoms with Gasteiger partial charge in [-0.2, -0.15) is 5.26 Å². The lowest BCUT2D eigenvalue weighted by atomic mass is 10.1. The summed E-state index contributed by atoms with van der Waals surface area (Å²) in [7, 11) is 1.60. The van der Waals surface area contributed by atoms with Crippen molar-refractivity contribution in [2.45, 2.75) is 19.6 Å². The monoisotopic (exact) mass is 283 g/mol. The molecule has 2 rings (SSSR count). The maximum Gasteiger partial charge on any atom is 0.147 e. The molecule has 1 heterocycles. The molecular weight excluding hydrogens is 266 g/mol. The maximum absolute atomic E-state index is 9.03. The smallest absolute Gasteiger partial charge is 0.147 e. The van der Waals surface area contributed by atoms with E-state index in [1.165, 1.54) is 0 Å². The van der Waals surface area contributed by atoms with Crippen LogP contribution in [0.1, 0.15) is 29.8 Å². The molecule has 1 aromatic heterocycles. The van der Waals surface area contributed by atoms with Gasteiger partial charge in [-0.3, -0.25) is 0 Å². The molecule has 5 heteroatoms. The Kier molecular flexibility index (Phi) is 4.75. The highest BCUT2D eigenvalue weighted by Crippen LogP contribution is 2.29. The average molecular weight is 283 g/mol. The summed E-state index contributed by atoms with van der Waals surface area (Å²) in [4.78, 5) is 4.01. The molecule has 5 nitrogen and oxygen atoms in total. The summed E-state index contributed by atoms with van der Waals surface area (Å²) in [5.41, 5.74) is 7.93. The van der Waals surface area contributed by atoms with E-state index in [4.69, 9.17) is 20.5 Å². The second-order valence-corrected chi connectivity index (χ2v) is 4.60. The maximum atomic E-state index is 9.03.